The Morgan fingerprint density at radius 1 is 1.33 bits per heavy atom. The Bertz CT molecular complexity index is 488. The first-order valence-electron chi connectivity index (χ1n) is 8.16. The molecule has 21 heavy (non-hydrogen) atoms. The molecule has 1 aromatic rings. The first kappa shape index (κ1) is 15.0. The molecule has 1 aliphatic heterocycles. The third-order valence-electron chi connectivity index (χ3n) is 4.90. The van der Waals surface area contributed by atoms with Crippen LogP contribution < -0.4 is 5.32 Å². The second-order valence-corrected chi connectivity index (χ2v) is 7.23. The summed E-state index contributed by atoms with van der Waals surface area (Å²) < 4.78 is 0. The molecule has 4 nitrogen and oxygen atoms in total. The van der Waals surface area contributed by atoms with Crippen molar-refractivity contribution in [2.75, 3.05) is 13.1 Å². The fourth-order valence-corrected chi connectivity index (χ4v) is 4.47. The maximum atomic E-state index is 12.4. The van der Waals surface area contributed by atoms with Crippen molar-refractivity contribution in [3.8, 4) is 0 Å². The summed E-state index contributed by atoms with van der Waals surface area (Å²) in [5.41, 5.74) is 3.08. The zero-order chi connectivity index (χ0) is 14.7. The highest BCUT2D eigenvalue weighted by Gasteiger charge is 2.37. The summed E-state index contributed by atoms with van der Waals surface area (Å²) in [6.07, 6.45) is 6.94. The molecule has 3 rings (SSSR count). The van der Waals surface area contributed by atoms with Crippen molar-refractivity contribution in [3.05, 3.63) is 16.1 Å². The van der Waals surface area contributed by atoms with Gasteiger partial charge in [0.2, 0.25) is 5.91 Å². The van der Waals surface area contributed by atoms with E-state index in [2.05, 4.69) is 22.1 Å². The van der Waals surface area contributed by atoms with Gasteiger partial charge in [0.05, 0.1) is 17.1 Å². The minimum absolute atomic E-state index is 0.191. The number of rotatable bonds is 2. The molecule has 1 aromatic heterocycles. The first-order valence-corrected chi connectivity index (χ1v) is 9.04. The normalized spacial score (nSPS) is 28.1. The van der Waals surface area contributed by atoms with Gasteiger partial charge in [0.15, 0.2) is 0 Å². The average Bonchev–Trinajstić information content (AvgIpc) is 3.10. The SMILES string of the molecule is Cc1ncsc1CN1CCCCCNC(=O)C2CCCC21. The summed E-state index contributed by atoms with van der Waals surface area (Å²) in [6.45, 7) is 5.03. The van der Waals surface area contributed by atoms with Crippen molar-refractivity contribution < 1.29 is 4.79 Å². The van der Waals surface area contributed by atoms with Gasteiger partial charge in [0.1, 0.15) is 0 Å². The van der Waals surface area contributed by atoms with Crippen LogP contribution in [0.5, 0.6) is 0 Å². The Kier molecular flexibility index (Phi) is 4.91. The number of nitrogens with zero attached hydrogens (tertiary/aromatic N) is 2. The first-order chi connectivity index (χ1) is 10.3. The second kappa shape index (κ2) is 6.88. The zero-order valence-corrected chi connectivity index (χ0v) is 13.6. The van der Waals surface area contributed by atoms with Gasteiger partial charge < -0.3 is 5.32 Å². The minimum atomic E-state index is 0.191. The van der Waals surface area contributed by atoms with E-state index in [4.69, 9.17) is 0 Å². The monoisotopic (exact) mass is 307 g/mol. The van der Waals surface area contributed by atoms with Gasteiger partial charge in [-0.3, -0.25) is 9.69 Å². The number of carbonyl (C=O) groups is 1. The van der Waals surface area contributed by atoms with Gasteiger partial charge in [-0.05, 0) is 39.2 Å². The topological polar surface area (TPSA) is 45.2 Å². The molecule has 5 heteroatoms. The summed E-state index contributed by atoms with van der Waals surface area (Å²) in [5.74, 6) is 0.474. The maximum Gasteiger partial charge on any atom is 0.224 e. The third kappa shape index (κ3) is 3.46. The fourth-order valence-electron chi connectivity index (χ4n) is 3.67. The number of thiazole rings is 1. The van der Waals surface area contributed by atoms with Crippen LogP contribution in [0.15, 0.2) is 5.51 Å². The van der Waals surface area contributed by atoms with Gasteiger partial charge in [-0.15, -0.1) is 11.3 Å². The van der Waals surface area contributed by atoms with E-state index < -0.39 is 0 Å². The number of amides is 1. The molecule has 2 aliphatic rings. The molecule has 2 atom stereocenters. The van der Waals surface area contributed by atoms with Crippen LogP contribution in [0, 0.1) is 12.8 Å². The Morgan fingerprint density at radius 2 is 2.24 bits per heavy atom. The highest BCUT2D eigenvalue weighted by molar-refractivity contribution is 7.09. The molecule has 2 fully saturated rings. The van der Waals surface area contributed by atoms with Gasteiger partial charge in [-0.25, -0.2) is 4.98 Å². The van der Waals surface area contributed by atoms with Crippen molar-refractivity contribution in [2.45, 2.75) is 58.0 Å². The molecule has 2 unspecified atom stereocenters. The molecule has 1 saturated carbocycles. The van der Waals surface area contributed by atoms with Crippen molar-refractivity contribution in [3.63, 3.8) is 0 Å². The van der Waals surface area contributed by atoms with Gasteiger partial charge >= 0.3 is 0 Å². The third-order valence-corrected chi connectivity index (χ3v) is 5.82. The predicted octanol–water partition coefficient (Wildman–Crippen LogP) is 2.72. The highest BCUT2D eigenvalue weighted by Crippen LogP contribution is 2.32. The van der Waals surface area contributed by atoms with E-state index in [1.54, 1.807) is 11.3 Å². The molecule has 0 radical (unpaired) electrons. The molecular formula is C16H25N3OS. The predicted molar refractivity (Wildman–Crippen MR) is 85.3 cm³/mol. The van der Waals surface area contributed by atoms with E-state index >= 15 is 0 Å². The van der Waals surface area contributed by atoms with E-state index in [-0.39, 0.29) is 11.8 Å². The van der Waals surface area contributed by atoms with E-state index in [0.717, 1.165) is 44.6 Å². The number of carbonyl (C=O) groups excluding carboxylic acids is 1. The molecule has 0 aromatic carbocycles. The Morgan fingerprint density at radius 3 is 3.05 bits per heavy atom. The fraction of sp³-hybridized carbons (Fsp3) is 0.750. The van der Waals surface area contributed by atoms with Crippen molar-refractivity contribution >= 4 is 17.2 Å². The summed E-state index contributed by atoms with van der Waals surface area (Å²) in [6, 6.07) is 0.421. The second-order valence-electron chi connectivity index (χ2n) is 6.29. The average molecular weight is 307 g/mol. The molecule has 1 saturated heterocycles. The molecule has 1 N–H and O–H groups in total. The number of hydrogen-bond acceptors (Lipinski definition) is 4. The quantitative estimate of drug-likeness (QED) is 0.914. The summed E-state index contributed by atoms with van der Waals surface area (Å²) >= 11 is 1.75. The molecular weight excluding hydrogens is 282 g/mol. The van der Waals surface area contributed by atoms with Gasteiger partial charge in [0, 0.05) is 24.0 Å². The number of nitrogens with one attached hydrogen (secondary N) is 1. The lowest BCUT2D eigenvalue weighted by Gasteiger charge is -2.33. The number of aryl methyl sites for hydroxylation is 1. The standard InChI is InChI=1S/C16H25N3OS/c1-12-15(21-11-18-12)10-19-9-4-2-3-8-17-16(20)13-6-5-7-14(13)19/h11,13-14H,2-10H2,1H3,(H,17,20). The van der Waals surface area contributed by atoms with Crippen LogP contribution in [0.4, 0.5) is 0 Å². The van der Waals surface area contributed by atoms with Crippen LogP contribution in [0.25, 0.3) is 0 Å². The van der Waals surface area contributed by atoms with E-state index in [1.165, 1.54) is 24.1 Å². The van der Waals surface area contributed by atoms with Crippen LogP contribution in [0.3, 0.4) is 0 Å². The Hall–Kier alpha value is -0.940. The molecule has 1 amide bonds. The summed E-state index contributed by atoms with van der Waals surface area (Å²) in [7, 11) is 0. The smallest absolute Gasteiger partial charge is 0.224 e. The maximum absolute atomic E-state index is 12.4. The zero-order valence-electron chi connectivity index (χ0n) is 12.8. The number of hydrogen-bond donors (Lipinski definition) is 1. The van der Waals surface area contributed by atoms with Crippen LogP contribution >= 0.6 is 11.3 Å². The highest BCUT2D eigenvalue weighted by atomic mass is 32.1. The molecule has 0 spiro atoms. The van der Waals surface area contributed by atoms with Crippen LogP contribution in [0.1, 0.15) is 49.1 Å². The van der Waals surface area contributed by atoms with E-state index in [1.807, 2.05) is 5.51 Å². The van der Waals surface area contributed by atoms with E-state index in [9.17, 15) is 4.79 Å². The van der Waals surface area contributed by atoms with Crippen molar-refractivity contribution in [2.24, 2.45) is 5.92 Å². The van der Waals surface area contributed by atoms with Crippen LogP contribution in [-0.4, -0.2) is 34.9 Å². The number of aromatic nitrogens is 1. The van der Waals surface area contributed by atoms with Gasteiger partial charge in [-0.1, -0.05) is 12.8 Å². The molecule has 0 bridgehead atoms. The van der Waals surface area contributed by atoms with Gasteiger partial charge in [0.25, 0.3) is 0 Å². The lowest BCUT2D eigenvalue weighted by atomic mass is 9.99. The van der Waals surface area contributed by atoms with Crippen molar-refractivity contribution in [1.29, 1.82) is 0 Å². The van der Waals surface area contributed by atoms with E-state index in [0.29, 0.717) is 6.04 Å². The molecule has 2 heterocycles. The van der Waals surface area contributed by atoms with Gasteiger partial charge in [-0.2, -0.15) is 0 Å². The van der Waals surface area contributed by atoms with Crippen molar-refractivity contribution in [1.82, 2.24) is 15.2 Å². The summed E-state index contributed by atoms with van der Waals surface area (Å²) in [5, 5.41) is 3.14. The summed E-state index contributed by atoms with van der Waals surface area (Å²) in [4.78, 5) is 20.7. The Labute approximate surface area is 130 Å². The van der Waals surface area contributed by atoms with Crippen LogP contribution in [0.2, 0.25) is 0 Å². The molecule has 116 valence electrons. The lowest BCUT2D eigenvalue weighted by Crippen LogP contribution is -2.45. The molecule has 1 aliphatic carbocycles. The number of fused-ring (bicyclic) bond motifs is 1. The largest absolute Gasteiger partial charge is 0.356 e. The van der Waals surface area contributed by atoms with Crippen LogP contribution in [-0.2, 0) is 11.3 Å². The lowest BCUT2D eigenvalue weighted by molar-refractivity contribution is -0.126. The Balaban J connectivity index is 1.77. The minimum Gasteiger partial charge on any atom is -0.356 e.